The molecule has 16 heteroatoms. The summed E-state index contributed by atoms with van der Waals surface area (Å²) in [6.07, 6.45) is 2.50. The second kappa shape index (κ2) is 16.2. The molecule has 296 valence electrons. The summed E-state index contributed by atoms with van der Waals surface area (Å²) in [5, 5.41) is 9.80. The van der Waals surface area contributed by atoms with Gasteiger partial charge in [-0.3, -0.25) is 43.5 Å². The van der Waals surface area contributed by atoms with E-state index in [2.05, 4.69) is 16.0 Å². The number of methoxy groups -OCH3 is 1. The molecule has 3 heterocycles. The lowest BCUT2D eigenvalue weighted by molar-refractivity contribution is -0.136. The second-order valence-corrected chi connectivity index (χ2v) is 15.0. The highest BCUT2D eigenvalue weighted by molar-refractivity contribution is 7.81. The van der Waals surface area contributed by atoms with E-state index in [0.717, 1.165) is 11.3 Å². The zero-order chi connectivity index (χ0) is 40.5. The molecule has 0 spiro atoms. The fourth-order valence-corrected chi connectivity index (χ4v) is 8.54. The molecule has 1 saturated heterocycles. The molecule has 4 aromatic rings. The number of piperidine rings is 1. The van der Waals surface area contributed by atoms with E-state index in [1.54, 1.807) is 67.7 Å². The number of carbonyl (C=O) groups is 6. The summed E-state index contributed by atoms with van der Waals surface area (Å²) in [5.41, 5.74) is 3.36. The number of benzene rings is 4. The fraction of sp³-hybridized carbons (Fsp3) is 0.317. The number of anilines is 4. The van der Waals surface area contributed by atoms with Gasteiger partial charge in [0.1, 0.15) is 11.8 Å². The molecule has 4 aromatic carbocycles. The van der Waals surface area contributed by atoms with Crippen LogP contribution in [0.25, 0.3) is 10.8 Å². The number of fused-ring (bicyclic) bond motifs is 1. The van der Waals surface area contributed by atoms with Crippen molar-refractivity contribution in [2.75, 3.05) is 35.2 Å². The summed E-state index contributed by atoms with van der Waals surface area (Å²) in [5.74, 6) is -2.36. The van der Waals surface area contributed by atoms with E-state index in [4.69, 9.17) is 4.74 Å². The van der Waals surface area contributed by atoms with Gasteiger partial charge in [0.25, 0.3) is 29.0 Å². The van der Waals surface area contributed by atoms with Crippen molar-refractivity contribution in [3.05, 3.63) is 89.0 Å². The van der Waals surface area contributed by atoms with Gasteiger partial charge in [-0.15, -0.1) is 0 Å². The number of carbonyl (C=O) groups excluding carboxylic acids is 6. The average molecular weight is 795 g/mol. The van der Waals surface area contributed by atoms with Crippen LogP contribution < -0.4 is 29.9 Å². The highest BCUT2D eigenvalue weighted by Gasteiger charge is 2.45. The largest absolute Gasteiger partial charge is 0.495 e. The minimum Gasteiger partial charge on any atom is -0.495 e. The molecule has 0 radical (unpaired) electrons. The Hall–Kier alpha value is -6.13. The number of ether oxygens (including phenoxy) is 1. The van der Waals surface area contributed by atoms with Gasteiger partial charge in [-0.05, 0) is 79.8 Å². The molecular formula is C41H42N6O9S. The van der Waals surface area contributed by atoms with Crippen molar-refractivity contribution < 1.29 is 42.3 Å². The van der Waals surface area contributed by atoms with Gasteiger partial charge in [-0.1, -0.05) is 31.5 Å². The molecule has 0 aliphatic carbocycles. The Labute approximate surface area is 331 Å². The maximum absolute atomic E-state index is 13.6. The van der Waals surface area contributed by atoms with Crippen molar-refractivity contribution >= 4 is 80.2 Å². The van der Waals surface area contributed by atoms with Crippen molar-refractivity contribution in [3.63, 3.8) is 0 Å². The Balaban J connectivity index is 1.04. The first kappa shape index (κ1) is 39.1. The molecule has 15 nitrogen and oxygen atoms in total. The SMILES string of the molecule is CCCC(CCNC(=O)CCc1cc2c3c(ccc(N(c4ccccc4OC)S(=O)O)c3c1)N(C)C2=O)Nc1cccc2c1C(=O)N(C1CCC(=O)NC1=O)C2=O. The van der Waals surface area contributed by atoms with Gasteiger partial charge in [-0.2, -0.15) is 0 Å². The summed E-state index contributed by atoms with van der Waals surface area (Å²) in [7, 11) is 3.15. The van der Waals surface area contributed by atoms with Crippen molar-refractivity contribution in [3.8, 4) is 5.75 Å². The van der Waals surface area contributed by atoms with E-state index in [1.807, 2.05) is 13.0 Å². The lowest BCUT2D eigenvalue weighted by Gasteiger charge is -2.28. The fourth-order valence-electron chi connectivity index (χ4n) is 7.89. The zero-order valence-electron chi connectivity index (χ0n) is 31.6. The van der Waals surface area contributed by atoms with Crippen LogP contribution in [0.15, 0.2) is 66.7 Å². The number of para-hydroxylation sites is 2. The number of imide groups is 2. The van der Waals surface area contributed by atoms with Crippen LogP contribution >= 0.6 is 0 Å². The number of hydrogen-bond donors (Lipinski definition) is 4. The molecule has 3 aliphatic heterocycles. The predicted octanol–water partition coefficient (Wildman–Crippen LogP) is 4.83. The minimum absolute atomic E-state index is 0.0266. The molecule has 0 saturated carbocycles. The Morgan fingerprint density at radius 1 is 0.982 bits per heavy atom. The number of rotatable bonds is 15. The molecule has 3 aliphatic rings. The lowest BCUT2D eigenvalue weighted by Crippen LogP contribution is -2.54. The molecule has 0 bridgehead atoms. The van der Waals surface area contributed by atoms with Crippen LogP contribution in [0.3, 0.4) is 0 Å². The quantitative estimate of drug-likeness (QED) is 0.0956. The summed E-state index contributed by atoms with van der Waals surface area (Å²) >= 11 is -2.51. The van der Waals surface area contributed by atoms with Crippen LogP contribution in [0.2, 0.25) is 0 Å². The van der Waals surface area contributed by atoms with Crippen molar-refractivity contribution in [1.82, 2.24) is 15.5 Å². The van der Waals surface area contributed by atoms with Crippen LogP contribution in [0.5, 0.6) is 5.75 Å². The molecule has 0 aromatic heterocycles. The standard InChI is InChI=1S/C41H42N6O9S/c1-4-8-24(43-28-10-7-9-25-37(28)41(53)46(40(25)52)32-16-18-35(49)44-38(32)50)19-20-42-34(48)17-13-23-21-26-29(14-15-31-36(26)27(22-23)39(51)45(31)2)47(57(54)55)30-11-5-6-12-33(30)56-3/h5-7,9-12,14-15,21-22,24,32,43H,4,8,13,16-20H2,1-3H3,(H,42,48)(H,54,55)(H,44,49,50). The van der Waals surface area contributed by atoms with Crippen molar-refractivity contribution in [1.29, 1.82) is 0 Å². The monoisotopic (exact) mass is 794 g/mol. The van der Waals surface area contributed by atoms with Crippen molar-refractivity contribution in [2.45, 2.75) is 64.0 Å². The van der Waals surface area contributed by atoms with Crippen LogP contribution in [-0.4, -0.2) is 81.9 Å². The van der Waals surface area contributed by atoms with E-state index < -0.39 is 40.9 Å². The van der Waals surface area contributed by atoms with E-state index in [9.17, 15) is 37.5 Å². The van der Waals surface area contributed by atoms with Crippen LogP contribution in [-0.2, 0) is 32.1 Å². The minimum atomic E-state index is -2.51. The number of hydrogen-bond acceptors (Lipinski definition) is 9. The smallest absolute Gasteiger partial charge is 0.266 e. The molecule has 3 atom stereocenters. The molecule has 1 fully saturated rings. The third kappa shape index (κ3) is 7.33. The third-order valence-electron chi connectivity index (χ3n) is 10.6. The highest BCUT2D eigenvalue weighted by Crippen LogP contribution is 2.45. The Morgan fingerprint density at radius 3 is 2.51 bits per heavy atom. The molecule has 4 N–H and O–H groups in total. The number of amides is 6. The van der Waals surface area contributed by atoms with Crippen LogP contribution in [0, 0.1) is 0 Å². The number of nitrogens with zero attached hydrogens (tertiary/aromatic N) is 3. The van der Waals surface area contributed by atoms with E-state index in [0.29, 0.717) is 76.2 Å². The van der Waals surface area contributed by atoms with Crippen LogP contribution in [0.1, 0.15) is 82.1 Å². The zero-order valence-corrected chi connectivity index (χ0v) is 32.4. The average Bonchev–Trinajstić information content (AvgIpc) is 3.59. The molecular weight excluding hydrogens is 753 g/mol. The van der Waals surface area contributed by atoms with Gasteiger partial charge < -0.3 is 20.3 Å². The van der Waals surface area contributed by atoms with Gasteiger partial charge in [-0.25, -0.2) is 8.51 Å². The maximum Gasteiger partial charge on any atom is 0.266 e. The van der Waals surface area contributed by atoms with Gasteiger partial charge in [0.15, 0.2) is 0 Å². The van der Waals surface area contributed by atoms with Gasteiger partial charge >= 0.3 is 0 Å². The first-order chi connectivity index (χ1) is 27.4. The Morgan fingerprint density at radius 2 is 1.77 bits per heavy atom. The second-order valence-electron chi connectivity index (χ2n) is 14.2. The molecule has 57 heavy (non-hydrogen) atoms. The Kier molecular flexibility index (Phi) is 11.1. The first-order valence-corrected chi connectivity index (χ1v) is 19.8. The Bertz CT molecular complexity index is 2370. The highest BCUT2D eigenvalue weighted by atomic mass is 32.2. The summed E-state index contributed by atoms with van der Waals surface area (Å²) in [6.45, 7) is 2.33. The predicted molar refractivity (Wildman–Crippen MR) is 214 cm³/mol. The molecule has 7 rings (SSSR count). The number of nitrogens with one attached hydrogen (secondary N) is 3. The van der Waals surface area contributed by atoms with Gasteiger partial charge in [0.05, 0.1) is 40.9 Å². The van der Waals surface area contributed by atoms with Gasteiger partial charge in [0, 0.05) is 48.9 Å². The summed E-state index contributed by atoms with van der Waals surface area (Å²) in [4.78, 5) is 80.2. The topological polar surface area (TPSA) is 195 Å². The number of aryl methyl sites for hydroxylation is 1. The molecule has 3 unspecified atom stereocenters. The molecule has 6 amide bonds. The van der Waals surface area contributed by atoms with Gasteiger partial charge in [0.2, 0.25) is 17.7 Å². The lowest BCUT2D eigenvalue weighted by atomic mass is 9.97. The van der Waals surface area contributed by atoms with E-state index in [1.165, 1.54) is 16.3 Å². The first-order valence-electron chi connectivity index (χ1n) is 18.7. The normalized spacial score (nSPS) is 17.1. The summed E-state index contributed by atoms with van der Waals surface area (Å²) < 4.78 is 30.2. The maximum atomic E-state index is 13.6. The third-order valence-corrected chi connectivity index (χ3v) is 11.3. The van der Waals surface area contributed by atoms with E-state index in [-0.39, 0.29) is 48.2 Å². The van der Waals surface area contributed by atoms with Crippen molar-refractivity contribution in [2.24, 2.45) is 0 Å². The van der Waals surface area contributed by atoms with Crippen LogP contribution in [0.4, 0.5) is 22.7 Å². The summed E-state index contributed by atoms with van der Waals surface area (Å²) in [6, 6.07) is 17.6. The van der Waals surface area contributed by atoms with E-state index >= 15 is 0 Å².